The Morgan fingerprint density at radius 2 is 1.94 bits per heavy atom. The van der Waals surface area contributed by atoms with Gasteiger partial charge in [-0.25, -0.2) is 0 Å². The summed E-state index contributed by atoms with van der Waals surface area (Å²) in [4.78, 5) is 0. The third-order valence-corrected chi connectivity index (χ3v) is 2.51. The van der Waals surface area contributed by atoms with Gasteiger partial charge in [-0.3, -0.25) is 0 Å². The number of hydrogen-bond acceptors (Lipinski definition) is 3. The molecular weight excluding hydrogens is 226 g/mol. The molecule has 0 heterocycles. The average Bonchev–Trinajstić information content (AvgIpc) is 2.30. The number of hydrogen-bond donors (Lipinski definition) is 1. The fraction of sp³-hybridized carbons (Fsp3) is 0.333. The van der Waals surface area contributed by atoms with Crippen LogP contribution in [0.4, 0.5) is 5.69 Å². The van der Waals surface area contributed by atoms with Crippen LogP contribution in [0.5, 0.6) is 11.5 Å². The van der Waals surface area contributed by atoms with E-state index in [-0.39, 0.29) is 6.04 Å². The maximum Gasteiger partial charge on any atom is 0.143 e. The maximum absolute atomic E-state index is 6.00. The van der Waals surface area contributed by atoms with Gasteiger partial charge in [0.2, 0.25) is 0 Å². The number of anilines is 1. The van der Waals surface area contributed by atoms with E-state index in [2.05, 4.69) is 11.9 Å². The Labute approximate surface area is 101 Å². The highest BCUT2D eigenvalue weighted by molar-refractivity contribution is 6.32. The molecule has 0 saturated heterocycles. The molecule has 3 nitrogen and oxygen atoms in total. The molecule has 0 radical (unpaired) electrons. The van der Waals surface area contributed by atoms with Crippen LogP contribution in [0.1, 0.15) is 6.92 Å². The van der Waals surface area contributed by atoms with E-state index in [1.165, 1.54) is 0 Å². The summed E-state index contributed by atoms with van der Waals surface area (Å²) < 4.78 is 10.4. The van der Waals surface area contributed by atoms with E-state index in [1.54, 1.807) is 32.4 Å². The number of halogens is 1. The second-order valence-corrected chi connectivity index (χ2v) is 3.76. The average molecular weight is 242 g/mol. The highest BCUT2D eigenvalue weighted by atomic mass is 35.5. The first-order valence-electron chi connectivity index (χ1n) is 4.93. The van der Waals surface area contributed by atoms with E-state index in [0.29, 0.717) is 16.5 Å². The number of nitrogens with one attached hydrogen (secondary N) is 1. The van der Waals surface area contributed by atoms with Gasteiger partial charge in [0.15, 0.2) is 0 Å². The van der Waals surface area contributed by atoms with Gasteiger partial charge in [0, 0.05) is 18.2 Å². The van der Waals surface area contributed by atoms with E-state index in [4.69, 9.17) is 21.1 Å². The van der Waals surface area contributed by atoms with Crippen LogP contribution in [0.15, 0.2) is 24.8 Å². The van der Waals surface area contributed by atoms with Crippen LogP contribution in [-0.2, 0) is 0 Å². The lowest BCUT2D eigenvalue weighted by Gasteiger charge is -2.16. The summed E-state index contributed by atoms with van der Waals surface area (Å²) in [5.74, 6) is 1.29. The van der Waals surface area contributed by atoms with Crippen molar-refractivity contribution in [2.75, 3.05) is 19.5 Å². The van der Waals surface area contributed by atoms with Gasteiger partial charge in [-0.15, -0.1) is 6.58 Å². The predicted octanol–water partition coefficient (Wildman–Crippen LogP) is 3.34. The van der Waals surface area contributed by atoms with E-state index in [9.17, 15) is 0 Å². The van der Waals surface area contributed by atoms with Crippen molar-refractivity contribution in [3.63, 3.8) is 0 Å². The predicted molar refractivity (Wildman–Crippen MR) is 67.8 cm³/mol. The van der Waals surface area contributed by atoms with Crippen molar-refractivity contribution in [2.24, 2.45) is 0 Å². The molecule has 16 heavy (non-hydrogen) atoms. The standard InChI is InChI=1S/C12H16ClNO2/c1-5-8(2)14-10-7-11(15-3)9(13)6-12(10)16-4/h5-8,14H,1H2,2-4H3. The molecule has 88 valence electrons. The van der Waals surface area contributed by atoms with Gasteiger partial charge in [-0.1, -0.05) is 17.7 Å². The van der Waals surface area contributed by atoms with Crippen molar-refractivity contribution >= 4 is 17.3 Å². The Morgan fingerprint density at radius 3 is 2.44 bits per heavy atom. The quantitative estimate of drug-likeness (QED) is 0.802. The van der Waals surface area contributed by atoms with Gasteiger partial charge in [0.05, 0.1) is 24.9 Å². The molecule has 4 heteroatoms. The minimum absolute atomic E-state index is 0.139. The molecule has 1 aromatic rings. The Balaban J connectivity index is 3.09. The summed E-state index contributed by atoms with van der Waals surface area (Å²) >= 11 is 6.00. The number of rotatable bonds is 5. The van der Waals surface area contributed by atoms with Gasteiger partial charge in [0.25, 0.3) is 0 Å². The zero-order valence-electron chi connectivity index (χ0n) is 9.71. The van der Waals surface area contributed by atoms with Crippen LogP contribution in [0.3, 0.4) is 0 Å². The summed E-state index contributed by atoms with van der Waals surface area (Å²) in [5, 5.41) is 3.76. The molecule has 1 unspecified atom stereocenters. The monoisotopic (exact) mass is 241 g/mol. The molecular formula is C12H16ClNO2. The van der Waals surface area contributed by atoms with Crippen molar-refractivity contribution < 1.29 is 9.47 Å². The van der Waals surface area contributed by atoms with E-state index < -0.39 is 0 Å². The third-order valence-electron chi connectivity index (χ3n) is 2.21. The first kappa shape index (κ1) is 12.7. The number of methoxy groups -OCH3 is 2. The number of benzene rings is 1. The zero-order chi connectivity index (χ0) is 12.1. The lowest BCUT2D eigenvalue weighted by Crippen LogP contribution is -2.12. The molecule has 1 N–H and O–H groups in total. The Kier molecular flexibility index (Phi) is 4.50. The first-order valence-corrected chi connectivity index (χ1v) is 5.30. The fourth-order valence-electron chi connectivity index (χ4n) is 1.28. The van der Waals surface area contributed by atoms with Crippen LogP contribution >= 0.6 is 11.6 Å². The Bertz CT molecular complexity index is 380. The van der Waals surface area contributed by atoms with Crippen LogP contribution in [0.2, 0.25) is 5.02 Å². The normalized spacial score (nSPS) is 11.8. The third kappa shape index (κ3) is 2.83. The molecule has 0 aromatic heterocycles. The van der Waals surface area contributed by atoms with Crippen molar-refractivity contribution in [3.05, 3.63) is 29.8 Å². The van der Waals surface area contributed by atoms with Crippen molar-refractivity contribution in [2.45, 2.75) is 13.0 Å². The highest BCUT2D eigenvalue weighted by Crippen LogP contribution is 2.36. The summed E-state index contributed by atoms with van der Waals surface area (Å²) in [6.07, 6.45) is 1.81. The molecule has 0 aliphatic rings. The topological polar surface area (TPSA) is 30.5 Å². The zero-order valence-corrected chi connectivity index (χ0v) is 10.5. The largest absolute Gasteiger partial charge is 0.495 e. The lowest BCUT2D eigenvalue weighted by atomic mass is 10.2. The summed E-state index contributed by atoms with van der Waals surface area (Å²) in [6, 6.07) is 3.67. The molecule has 1 rings (SSSR count). The van der Waals surface area contributed by atoms with Gasteiger partial charge >= 0.3 is 0 Å². The van der Waals surface area contributed by atoms with E-state index in [1.807, 2.05) is 6.92 Å². The highest BCUT2D eigenvalue weighted by Gasteiger charge is 2.10. The summed E-state index contributed by atoms with van der Waals surface area (Å²) in [6.45, 7) is 5.71. The minimum atomic E-state index is 0.139. The molecule has 0 amide bonds. The lowest BCUT2D eigenvalue weighted by molar-refractivity contribution is 0.404. The van der Waals surface area contributed by atoms with Crippen molar-refractivity contribution in [1.29, 1.82) is 0 Å². The molecule has 1 atom stereocenters. The van der Waals surface area contributed by atoms with Crippen LogP contribution in [0.25, 0.3) is 0 Å². The molecule has 0 saturated carbocycles. The minimum Gasteiger partial charge on any atom is -0.495 e. The molecule has 0 fully saturated rings. The van der Waals surface area contributed by atoms with Gasteiger partial charge in [-0.2, -0.15) is 0 Å². The van der Waals surface area contributed by atoms with E-state index >= 15 is 0 Å². The van der Waals surface area contributed by atoms with Crippen LogP contribution in [0, 0.1) is 0 Å². The molecule has 0 spiro atoms. The van der Waals surface area contributed by atoms with Crippen LogP contribution < -0.4 is 14.8 Å². The second kappa shape index (κ2) is 5.66. The van der Waals surface area contributed by atoms with Gasteiger partial charge in [0.1, 0.15) is 11.5 Å². The Morgan fingerprint density at radius 1 is 1.31 bits per heavy atom. The van der Waals surface area contributed by atoms with Crippen LogP contribution in [-0.4, -0.2) is 20.3 Å². The second-order valence-electron chi connectivity index (χ2n) is 3.36. The fourth-order valence-corrected chi connectivity index (χ4v) is 1.51. The summed E-state index contributed by atoms with van der Waals surface area (Å²) in [7, 11) is 3.18. The van der Waals surface area contributed by atoms with Gasteiger partial charge < -0.3 is 14.8 Å². The number of ether oxygens (including phenoxy) is 2. The Hall–Kier alpha value is -1.35. The maximum atomic E-state index is 6.00. The summed E-state index contributed by atoms with van der Waals surface area (Å²) in [5.41, 5.74) is 0.830. The van der Waals surface area contributed by atoms with E-state index in [0.717, 1.165) is 5.69 Å². The van der Waals surface area contributed by atoms with Gasteiger partial charge in [-0.05, 0) is 6.92 Å². The molecule has 0 bridgehead atoms. The van der Waals surface area contributed by atoms with Crippen molar-refractivity contribution in [3.8, 4) is 11.5 Å². The molecule has 1 aromatic carbocycles. The SMILES string of the molecule is C=CC(C)Nc1cc(OC)c(Cl)cc1OC. The van der Waals surface area contributed by atoms with Crippen molar-refractivity contribution in [1.82, 2.24) is 0 Å². The molecule has 0 aliphatic carbocycles. The molecule has 0 aliphatic heterocycles. The smallest absolute Gasteiger partial charge is 0.143 e. The first-order chi connectivity index (χ1) is 7.62.